The van der Waals surface area contributed by atoms with Gasteiger partial charge >= 0.3 is 7.12 Å². The number of anilines is 1. The normalized spacial score (nSPS) is 22.7. The molecule has 0 unspecified atom stereocenters. The predicted octanol–water partition coefficient (Wildman–Crippen LogP) is 1.99. The van der Waals surface area contributed by atoms with Crippen molar-refractivity contribution < 1.29 is 14.0 Å². The highest BCUT2D eigenvalue weighted by atomic mass is 16.7. The average molecular weight is 304 g/mol. The minimum atomic E-state index is -0.501. The third kappa shape index (κ3) is 2.82. The Hall–Kier alpha value is -1.27. The minimum Gasteiger partial charge on any atom is -0.489 e. The van der Waals surface area contributed by atoms with Crippen LogP contribution in [0.5, 0.6) is 5.75 Å². The number of ether oxygens (including phenoxy) is 1. The summed E-state index contributed by atoms with van der Waals surface area (Å²) in [6, 6.07) is 3.94. The summed E-state index contributed by atoms with van der Waals surface area (Å²) in [5.41, 5.74) is -0.0361. The van der Waals surface area contributed by atoms with E-state index in [0.717, 1.165) is 30.0 Å². The van der Waals surface area contributed by atoms with Crippen molar-refractivity contribution in [3.05, 3.63) is 12.1 Å². The Kier molecular flexibility index (Phi) is 3.65. The molecule has 1 aromatic rings. The molecular formula is C16H25BN2O3. The van der Waals surface area contributed by atoms with Crippen LogP contribution in [0, 0.1) is 0 Å². The largest absolute Gasteiger partial charge is 0.518 e. The summed E-state index contributed by atoms with van der Waals surface area (Å²) in [4.78, 5) is 6.68. The quantitative estimate of drug-likeness (QED) is 0.796. The highest BCUT2D eigenvalue weighted by Crippen LogP contribution is 2.37. The first kappa shape index (κ1) is 15.6. The van der Waals surface area contributed by atoms with Crippen LogP contribution < -0.4 is 15.2 Å². The lowest BCUT2D eigenvalue weighted by molar-refractivity contribution is 0.00578. The highest BCUT2D eigenvalue weighted by molar-refractivity contribution is 6.62. The summed E-state index contributed by atoms with van der Waals surface area (Å²) in [5, 5.41) is 0. The molecule has 1 aliphatic carbocycles. The number of pyridine rings is 1. The van der Waals surface area contributed by atoms with Crippen molar-refractivity contribution >= 4 is 18.5 Å². The van der Waals surface area contributed by atoms with Gasteiger partial charge in [0.15, 0.2) is 0 Å². The van der Waals surface area contributed by atoms with Crippen LogP contribution in [0.1, 0.15) is 40.5 Å². The summed E-state index contributed by atoms with van der Waals surface area (Å²) < 4.78 is 18.3. The van der Waals surface area contributed by atoms with Gasteiger partial charge in [-0.1, -0.05) is 0 Å². The van der Waals surface area contributed by atoms with E-state index in [-0.39, 0.29) is 11.2 Å². The predicted molar refractivity (Wildman–Crippen MR) is 87.9 cm³/mol. The number of aromatic nitrogens is 1. The summed E-state index contributed by atoms with van der Waals surface area (Å²) >= 11 is 0. The Labute approximate surface area is 133 Å². The van der Waals surface area contributed by atoms with Crippen LogP contribution in [0.25, 0.3) is 0 Å². The molecule has 22 heavy (non-hydrogen) atoms. The Balaban J connectivity index is 1.95. The molecule has 1 aromatic heterocycles. The van der Waals surface area contributed by atoms with E-state index in [1.807, 2.05) is 58.8 Å². The van der Waals surface area contributed by atoms with Crippen LogP contribution in [-0.2, 0) is 9.31 Å². The monoisotopic (exact) mass is 304 g/mol. The maximum atomic E-state index is 6.14. The molecule has 0 amide bonds. The molecule has 1 saturated carbocycles. The SMILES string of the molecule is CN(C)c1ccc(OC2CC2)c(B2OC(C)(C)C(C)(C)O2)n1. The number of rotatable bonds is 4. The average Bonchev–Trinajstić information content (AvgIpc) is 3.17. The number of hydrogen-bond acceptors (Lipinski definition) is 5. The van der Waals surface area contributed by atoms with Gasteiger partial charge in [0.1, 0.15) is 17.2 Å². The van der Waals surface area contributed by atoms with Crippen LogP contribution in [0.3, 0.4) is 0 Å². The number of nitrogens with zero attached hydrogens (tertiary/aromatic N) is 2. The Bertz CT molecular complexity index is 555. The fraction of sp³-hybridized carbons (Fsp3) is 0.688. The third-order valence-electron chi connectivity index (χ3n) is 4.62. The fourth-order valence-electron chi connectivity index (χ4n) is 2.29. The van der Waals surface area contributed by atoms with Gasteiger partial charge in [-0.05, 0) is 52.7 Å². The lowest BCUT2D eigenvalue weighted by atomic mass is 9.83. The molecular weight excluding hydrogens is 279 g/mol. The lowest BCUT2D eigenvalue weighted by Gasteiger charge is -2.32. The van der Waals surface area contributed by atoms with Crippen LogP contribution in [-0.4, -0.2) is 43.5 Å². The van der Waals surface area contributed by atoms with Crippen LogP contribution in [0.2, 0.25) is 0 Å². The molecule has 1 saturated heterocycles. The molecule has 2 fully saturated rings. The molecule has 0 N–H and O–H groups in total. The standard InChI is InChI=1S/C16H25BN2O3/c1-15(2)16(3,4)22-17(21-15)14-12(20-11-7-8-11)9-10-13(18-14)19(5)6/h9-11H,7-8H2,1-6H3. The zero-order chi connectivity index (χ0) is 16.1. The first-order chi connectivity index (χ1) is 10.2. The molecule has 5 nitrogen and oxygen atoms in total. The first-order valence-corrected chi connectivity index (χ1v) is 7.90. The van der Waals surface area contributed by atoms with Gasteiger partial charge in [-0.2, -0.15) is 0 Å². The van der Waals surface area contributed by atoms with E-state index in [0.29, 0.717) is 6.10 Å². The number of hydrogen-bond donors (Lipinski definition) is 0. The van der Waals surface area contributed by atoms with Crippen molar-refractivity contribution in [1.82, 2.24) is 4.98 Å². The van der Waals surface area contributed by atoms with Crippen molar-refractivity contribution in [2.24, 2.45) is 0 Å². The molecule has 2 aliphatic rings. The molecule has 0 aromatic carbocycles. The molecule has 3 rings (SSSR count). The summed E-state index contributed by atoms with van der Waals surface area (Å²) in [5.74, 6) is 1.64. The summed E-state index contributed by atoms with van der Waals surface area (Å²) in [6.45, 7) is 8.18. The van der Waals surface area contributed by atoms with Gasteiger partial charge in [-0.25, -0.2) is 4.98 Å². The van der Waals surface area contributed by atoms with Gasteiger partial charge in [0.25, 0.3) is 0 Å². The first-order valence-electron chi connectivity index (χ1n) is 7.90. The second kappa shape index (κ2) is 5.13. The van der Waals surface area contributed by atoms with Gasteiger partial charge in [-0.15, -0.1) is 0 Å². The third-order valence-corrected chi connectivity index (χ3v) is 4.62. The van der Waals surface area contributed by atoms with Gasteiger partial charge < -0.3 is 18.9 Å². The van der Waals surface area contributed by atoms with Crippen molar-refractivity contribution in [3.63, 3.8) is 0 Å². The second-order valence-corrected chi connectivity index (χ2v) is 7.35. The molecule has 0 radical (unpaired) electrons. The van der Waals surface area contributed by atoms with E-state index < -0.39 is 7.12 Å². The van der Waals surface area contributed by atoms with E-state index in [1.54, 1.807) is 0 Å². The Morgan fingerprint density at radius 2 is 1.73 bits per heavy atom. The minimum absolute atomic E-state index is 0.313. The highest BCUT2D eigenvalue weighted by Gasteiger charge is 2.53. The van der Waals surface area contributed by atoms with E-state index in [4.69, 9.17) is 19.0 Å². The molecule has 2 heterocycles. The van der Waals surface area contributed by atoms with Gasteiger partial charge in [0, 0.05) is 14.1 Å². The maximum Gasteiger partial charge on any atom is 0.518 e. The molecule has 120 valence electrons. The van der Waals surface area contributed by atoms with Gasteiger partial charge in [0.05, 0.1) is 17.3 Å². The lowest BCUT2D eigenvalue weighted by Crippen LogP contribution is -2.41. The fourth-order valence-corrected chi connectivity index (χ4v) is 2.29. The van der Waals surface area contributed by atoms with Crippen molar-refractivity contribution in [3.8, 4) is 5.75 Å². The van der Waals surface area contributed by atoms with E-state index in [9.17, 15) is 0 Å². The van der Waals surface area contributed by atoms with Gasteiger partial charge in [-0.3, -0.25) is 0 Å². The summed E-state index contributed by atoms with van der Waals surface area (Å²) in [6.07, 6.45) is 2.53. The second-order valence-electron chi connectivity index (χ2n) is 7.35. The van der Waals surface area contributed by atoms with Crippen molar-refractivity contribution in [2.45, 2.75) is 57.8 Å². The van der Waals surface area contributed by atoms with Crippen molar-refractivity contribution in [1.29, 1.82) is 0 Å². The van der Waals surface area contributed by atoms with E-state index in [2.05, 4.69) is 0 Å². The van der Waals surface area contributed by atoms with Crippen LogP contribution in [0.4, 0.5) is 5.82 Å². The maximum absolute atomic E-state index is 6.14. The molecule has 0 spiro atoms. The Morgan fingerprint density at radius 3 is 2.23 bits per heavy atom. The van der Waals surface area contributed by atoms with Crippen molar-refractivity contribution in [2.75, 3.05) is 19.0 Å². The molecule has 1 aliphatic heterocycles. The van der Waals surface area contributed by atoms with E-state index >= 15 is 0 Å². The molecule has 0 bridgehead atoms. The van der Waals surface area contributed by atoms with E-state index in [1.165, 1.54) is 0 Å². The van der Waals surface area contributed by atoms with Crippen LogP contribution >= 0.6 is 0 Å². The topological polar surface area (TPSA) is 43.8 Å². The molecule has 0 atom stereocenters. The summed E-state index contributed by atoms with van der Waals surface area (Å²) in [7, 11) is 3.44. The Morgan fingerprint density at radius 1 is 1.14 bits per heavy atom. The van der Waals surface area contributed by atoms with Gasteiger partial charge in [0.2, 0.25) is 0 Å². The molecule has 6 heteroatoms. The zero-order valence-electron chi connectivity index (χ0n) is 14.3. The smallest absolute Gasteiger partial charge is 0.489 e. The zero-order valence-corrected chi connectivity index (χ0v) is 14.3. The van der Waals surface area contributed by atoms with Crippen LogP contribution in [0.15, 0.2) is 12.1 Å².